The molecule has 3 aromatic rings. The maximum absolute atomic E-state index is 13.8. The molecule has 0 saturated heterocycles. The zero-order valence-electron chi connectivity index (χ0n) is 12.9. The van der Waals surface area contributed by atoms with Crippen LogP contribution in [0.1, 0.15) is 5.56 Å². The molecule has 0 unspecified atom stereocenters. The highest BCUT2D eigenvalue weighted by Gasteiger charge is 2.12. The first-order valence-electron chi connectivity index (χ1n) is 7.17. The number of hydrogen-bond donors (Lipinski definition) is 1. The van der Waals surface area contributed by atoms with Gasteiger partial charge in [-0.15, -0.1) is 0 Å². The summed E-state index contributed by atoms with van der Waals surface area (Å²) in [6.45, 7) is 0.649. The number of fused-ring (bicyclic) bond motifs is 1. The van der Waals surface area contributed by atoms with Gasteiger partial charge in [0.1, 0.15) is 11.4 Å². The van der Waals surface area contributed by atoms with Crippen LogP contribution in [0.2, 0.25) is 0 Å². The predicted octanol–water partition coefficient (Wildman–Crippen LogP) is 3.41. The van der Waals surface area contributed by atoms with Crippen molar-refractivity contribution in [1.82, 2.24) is 14.9 Å². The molecule has 0 bridgehead atoms. The van der Waals surface area contributed by atoms with Crippen LogP contribution in [0, 0.1) is 17.7 Å². The van der Waals surface area contributed by atoms with Crippen molar-refractivity contribution in [1.29, 1.82) is 0 Å². The second-order valence-electron chi connectivity index (χ2n) is 5.31. The van der Waals surface area contributed by atoms with Gasteiger partial charge >= 0.3 is 0 Å². The Hall–Kier alpha value is -2.84. The van der Waals surface area contributed by atoms with Crippen molar-refractivity contribution in [2.24, 2.45) is 0 Å². The summed E-state index contributed by atoms with van der Waals surface area (Å²) in [4.78, 5) is 9.31. The lowest BCUT2D eigenvalue weighted by molar-refractivity contribution is 0.446. The number of nitrogens with zero attached hydrogens (tertiary/aromatic N) is 2. The number of pyridine rings is 1. The fourth-order valence-electron chi connectivity index (χ4n) is 2.15. The van der Waals surface area contributed by atoms with Crippen LogP contribution in [0.25, 0.3) is 11.0 Å². The van der Waals surface area contributed by atoms with Crippen LogP contribution in [0.3, 0.4) is 0 Å². The van der Waals surface area contributed by atoms with Gasteiger partial charge in [0.15, 0.2) is 11.6 Å². The van der Waals surface area contributed by atoms with Gasteiger partial charge in [0.25, 0.3) is 0 Å². The topological polar surface area (TPSA) is 41.2 Å². The van der Waals surface area contributed by atoms with E-state index in [4.69, 9.17) is 4.74 Å². The van der Waals surface area contributed by atoms with E-state index in [1.54, 1.807) is 36.7 Å². The van der Waals surface area contributed by atoms with Crippen LogP contribution in [0.15, 0.2) is 42.7 Å². The molecule has 0 saturated carbocycles. The predicted molar refractivity (Wildman–Crippen MR) is 88.0 cm³/mol. The van der Waals surface area contributed by atoms with Crippen molar-refractivity contribution in [2.75, 3.05) is 20.6 Å². The van der Waals surface area contributed by atoms with Crippen LogP contribution in [-0.4, -0.2) is 35.5 Å². The first kappa shape index (κ1) is 15.1. The molecular weight excluding hydrogens is 293 g/mol. The number of aromatic amines is 1. The molecule has 23 heavy (non-hydrogen) atoms. The highest BCUT2D eigenvalue weighted by atomic mass is 19.1. The van der Waals surface area contributed by atoms with Gasteiger partial charge in [-0.25, -0.2) is 9.37 Å². The molecule has 0 aliphatic carbocycles. The third-order valence-corrected chi connectivity index (χ3v) is 3.21. The lowest BCUT2D eigenvalue weighted by Crippen LogP contribution is -2.10. The molecule has 0 aliphatic heterocycles. The van der Waals surface area contributed by atoms with Gasteiger partial charge in [-0.2, -0.15) is 0 Å². The highest BCUT2D eigenvalue weighted by molar-refractivity contribution is 5.89. The molecule has 0 atom stereocenters. The second-order valence-corrected chi connectivity index (χ2v) is 5.31. The second kappa shape index (κ2) is 6.51. The number of ether oxygens (including phenoxy) is 1. The van der Waals surface area contributed by atoms with Gasteiger partial charge in [-0.05, 0) is 32.3 Å². The molecule has 2 heterocycles. The van der Waals surface area contributed by atoms with E-state index in [9.17, 15) is 4.39 Å². The lowest BCUT2D eigenvalue weighted by atomic mass is 10.2. The quantitative estimate of drug-likeness (QED) is 0.754. The molecule has 4 nitrogen and oxygen atoms in total. The maximum atomic E-state index is 13.8. The number of rotatable bonds is 3. The van der Waals surface area contributed by atoms with E-state index in [0.717, 1.165) is 10.9 Å². The van der Waals surface area contributed by atoms with E-state index >= 15 is 0 Å². The fourth-order valence-corrected chi connectivity index (χ4v) is 2.15. The summed E-state index contributed by atoms with van der Waals surface area (Å²) in [5.74, 6) is 6.47. The van der Waals surface area contributed by atoms with E-state index < -0.39 is 5.82 Å². The summed E-state index contributed by atoms with van der Waals surface area (Å²) < 4.78 is 19.5. The summed E-state index contributed by atoms with van der Waals surface area (Å²) >= 11 is 0. The summed E-state index contributed by atoms with van der Waals surface area (Å²) in [6, 6.07) is 8.01. The van der Waals surface area contributed by atoms with E-state index in [1.165, 1.54) is 6.07 Å². The van der Waals surface area contributed by atoms with Crippen molar-refractivity contribution in [3.05, 3.63) is 54.1 Å². The molecule has 1 N–H and O–H groups in total. The van der Waals surface area contributed by atoms with Crippen LogP contribution in [0.4, 0.5) is 4.39 Å². The molecule has 3 rings (SSSR count). The fraction of sp³-hybridized carbons (Fsp3) is 0.167. The number of benzene rings is 1. The number of halogens is 1. The van der Waals surface area contributed by atoms with Gasteiger partial charge < -0.3 is 9.72 Å². The molecule has 116 valence electrons. The Labute approximate surface area is 133 Å². The van der Waals surface area contributed by atoms with Crippen molar-refractivity contribution in [3.8, 4) is 23.3 Å². The highest BCUT2D eigenvalue weighted by Crippen LogP contribution is 2.31. The minimum absolute atomic E-state index is 0.174. The molecule has 0 aliphatic rings. The number of para-hydroxylation sites is 1. The Balaban J connectivity index is 2.01. The zero-order chi connectivity index (χ0) is 16.2. The van der Waals surface area contributed by atoms with Gasteiger partial charge in [0.05, 0.1) is 17.5 Å². The number of hydrogen-bond acceptors (Lipinski definition) is 3. The molecule has 0 amide bonds. The average Bonchev–Trinajstić information content (AvgIpc) is 2.94. The zero-order valence-corrected chi connectivity index (χ0v) is 12.9. The van der Waals surface area contributed by atoms with Gasteiger partial charge in [0.2, 0.25) is 0 Å². The monoisotopic (exact) mass is 309 g/mol. The average molecular weight is 309 g/mol. The van der Waals surface area contributed by atoms with Crippen molar-refractivity contribution in [2.45, 2.75) is 0 Å². The SMILES string of the molecule is CN(C)CC#Cc1c[nH]c2nccc(Oc3ccccc3F)c12. The number of aromatic nitrogens is 2. The summed E-state index contributed by atoms with van der Waals surface area (Å²) in [7, 11) is 3.91. The molecule has 0 spiro atoms. The Morgan fingerprint density at radius 2 is 2.04 bits per heavy atom. The molecule has 2 aromatic heterocycles. The van der Waals surface area contributed by atoms with E-state index in [-0.39, 0.29) is 5.75 Å². The standard InChI is InChI=1S/C18H16FN3O/c1-22(2)11-5-6-13-12-21-18-17(13)16(9-10-20-18)23-15-8-4-3-7-14(15)19/h3-4,7-10,12H,11H2,1-2H3,(H,20,21). The summed E-state index contributed by atoms with van der Waals surface area (Å²) in [6.07, 6.45) is 3.40. The third-order valence-electron chi connectivity index (χ3n) is 3.21. The van der Waals surface area contributed by atoms with Gasteiger partial charge in [-0.1, -0.05) is 24.0 Å². The number of H-pyrrole nitrogens is 1. The van der Waals surface area contributed by atoms with Crippen molar-refractivity contribution >= 4 is 11.0 Å². The van der Waals surface area contributed by atoms with Crippen LogP contribution >= 0.6 is 0 Å². The first-order chi connectivity index (χ1) is 11.1. The Morgan fingerprint density at radius 1 is 1.22 bits per heavy atom. The molecule has 1 aromatic carbocycles. The molecule has 5 heteroatoms. The lowest BCUT2D eigenvalue weighted by Gasteiger charge is -2.07. The molecule has 0 radical (unpaired) electrons. The minimum Gasteiger partial charge on any atom is -0.453 e. The van der Waals surface area contributed by atoms with E-state index in [2.05, 4.69) is 21.8 Å². The Kier molecular flexibility index (Phi) is 4.26. The van der Waals surface area contributed by atoms with Crippen LogP contribution < -0.4 is 4.74 Å². The molecular formula is C18H16FN3O. The van der Waals surface area contributed by atoms with E-state index in [0.29, 0.717) is 17.9 Å². The first-order valence-corrected chi connectivity index (χ1v) is 7.17. The van der Waals surface area contributed by atoms with Crippen LogP contribution in [-0.2, 0) is 0 Å². The van der Waals surface area contributed by atoms with Crippen molar-refractivity contribution in [3.63, 3.8) is 0 Å². The largest absolute Gasteiger partial charge is 0.453 e. The Bertz CT molecular complexity index is 890. The van der Waals surface area contributed by atoms with Gasteiger partial charge in [-0.3, -0.25) is 4.90 Å². The van der Waals surface area contributed by atoms with Gasteiger partial charge in [0, 0.05) is 12.4 Å². The third kappa shape index (κ3) is 3.33. The molecule has 0 fully saturated rings. The summed E-state index contributed by atoms with van der Waals surface area (Å²) in [5, 5.41) is 0.752. The van der Waals surface area contributed by atoms with Crippen molar-refractivity contribution < 1.29 is 9.13 Å². The maximum Gasteiger partial charge on any atom is 0.165 e. The minimum atomic E-state index is -0.409. The van der Waals surface area contributed by atoms with E-state index in [1.807, 2.05) is 19.0 Å². The number of nitrogens with one attached hydrogen (secondary N) is 1. The Morgan fingerprint density at radius 3 is 2.83 bits per heavy atom. The normalized spacial score (nSPS) is 10.6. The van der Waals surface area contributed by atoms with Crippen LogP contribution in [0.5, 0.6) is 11.5 Å². The summed E-state index contributed by atoms with van der Waals surface area (Å²) in [5.41, 5.74) is 1.44. The smallest absolute Gasteiger partial charge is 0.165 e.